The fourth-order valence-corrected chi connectivity index (χ4v) is 5.75. The molecule has 1 saturated carbocycles. The highest BCUT2D eigenvalue weighted by Crippen LogP contribution is 2.41. The number of halogens is 8. The van der Waals surface area contributed by atoms with Crippen LogP contribution in [-0.4, -0.2) is 0 Å². The number of hydrogen-bond acceptors (Lipinski definition) is 1. The molecule has 1 aliphatic carbocycles. The number of benzene rings is 4. The molecule has 9 heteroatoms. The van der Waals surface area contributed by atoms with E-state index in [4.69, 9.17) is 4.74 Å². The molecule has 4 aromatic carbocycles. The van der Waals surface area contributed by atoms with Crippen LogP contribution in [0.4, 0.5) is 35.1 Å². The van der Waals surface area contributed by atoms with Gasteiger partial charge in [0, 0.05) is 0 Å². The Kier molecular flexibility index (Phi) is 7.99. The smallest absolute Gasteiger partial charge is 0.429 e. The standard InChI is InChI=1S/C32H26F8O/c1-2-3-17-4-6-19(7-5-17)23-12-13-24(29(36)28(23)35)32(39,40)41-22-10-8-18(9-11-22)20-14-21-16-26(34)30(37)31(38)27(21)25(33)15-20/h8-17,19H,2-7H2,1H3. The van der Waals surface area contributed by atoms with Gasteiger partial charge in [0.2, 0.25) is 0 Å². The summed E-state index contributed by atoms with van der Waals surface area (Å²) in [7, 11) is 0. The van der Waals surface area contributed by atoms with Crippen molar-refractivity contribution in [1.82, 2.24) is 0 Å². The first-order valence-corrected chi connectivity index (χ1v) is 13.4. The summed E-state index contributed by atoms with van der Waals surface area (Å²) in [5, 5.41) is -0.963. The SMILES string of the molecule is CCCC1CCC(c2ccc(C(F)(F)Oc3ccc(-c4cc(F)c5c(F)c(F)c(F)cc5c4)cc3)c(F)c2F)CC1. The first-order chi connectivity index (χ1) is 19.5. The highest BCUT2D eigenvalue weighted by Gasteiger charge is 2.40. The van der Waals surface area contributed by atoms with Crippen molar-refractivity contribution in [3.8, 4) is 16.9 Å². The molecule has 0 bridgehead atoms. The molecule has 41 heavy (non-hydrogen) atoms. The fraction of sp³-hybridized carbons (Fsp3) is 0.312. The molecule has 0 spiro atoms. The van der Waals surface area contributed by atoms with E-state index in [0.717, 1.165) is 49.9 Å². The maximum absolute atomic E-state index is 15.0. The Morgan fingerprint density at radius 2 is 1.39 bits per heavy atom. The molecule has 216 valence electrons. The first-order valence-electron chi connectivity index (χ1n) is 13.4. The Bertz CT molecular complexity index is 1570. The third-order valence-electron chi connectivity index (χ3n) is 7.87. The van der Waals surface area contributed by atoms with E-state index in [1.54, 1.807) is 0 Å². The zero-order valence-corrected chi connectivity index (χ0v) is 22.0. The van der Waals surface area contributed by atoms with Crippen LogP contribution in [0.2, 0.25) is 0 Å². The summed E-state index contributed by atoms with van der Waals surface area (Å²) in [5.41, 5.74) is -0.755. The van der Waals surface area contributed by atoms with Crippen molar-refractivity contribution < 1.29 is 39.9 Å². The Morgan fingerprint density at radius 1 is 0.707 bits per heavy atom. The second-order valence-electron chi connectivity index (χ2n) is 10.5. The minimum absolute atomic E-state index is 0.0893. The highest BCUT2D eigenvalue weighted by molar-refractivity contribution is 5.88. The van der Waals surface area contributed by atoms with Crippen LogP contribution in [0.3, 0.4) is 0 Å². The van der Waals surface area contributed by atoms with Crippen molar-refractivity contribution >= 4 is 10.8 Å². The third kappa shape index (κ3) is 5.63. The predicted octanol–water partition coefficient (Wildman–Crippen LogP) is 10.5. The molecular formula is C32H26F8O. The van der Waals surface area contributed by atoms with Crippen molar-refractivity contribution in [2.45, 2.75) is 57.5 Å². The lowest BCUT2D eigenvalue weighted by Gasteiger charge is -2.29. The average Bonchev–Trinajstić information content (AvgIpc) is 2.93. The summed E-state index contributed by atoms with van der Waals surface area (Å²) in [6.07, 6.45) is 1.02. The summed E-state index contributed by atoms with van der Waals surface area (Å²) in [5.74, 6) is -9.14. The summed E-state index contributed by atoms with van der Waals surface area (Å²) in [6, 6.07) is 9.56. The van der Waals surface area contributed by atoms with Gasteiger partial charge in [-0.15, -0.1) is 0 Å². The molecule has 0 unspecified atom stereocenters. The topological polar surface area (TPSA) is 9.23 Å². The summed E-state index contributed by atoms with van der Waals surface area (Å²) < 4.78 is 120. The van der Waals surface area contributed by atoms with Gasteiger partial charge in [-0.3, -0.25) is 0 Å². The third-order valence-corrected chi connectivity index (χ3v) is 7.87. The van der Waals surface area contributed by atoms with E-state index in [-0.39, 0.29) is 28.0 Å². The van der Waals surface area contributed by atoms with Crippen molar-refractivity contribution in [3.63, 3.8) is 0 Å². The van der Waals surface area contributed by atoms with Crippen LogP contribution in [-0.2, 0) is 6.11 Å². The van der Waals surface area contributed by atoms with Crippen molar-refractivity contribution in [3.05, 3.63) is 101 Å². The van der Waals surface area contributed by atoms with Gasteiger partial charge in [-0.2, -0.15) is 8.78 Å². The van der Waals surface area contributed by atoms with Crippen LogP contribution < -0.4 is 4.74 Å². The van der Waals surface area contributed by atoms with Gasteiger partial charge < -0.3 is 4.74 Å². The summed E-state index contributed by atoms with van der Waals surface area (Å²) >= 11 is 0. The number of rotatable bonds is 7. The van der Waals surface area contributed by atoms with Gasteiger partial charge in [-0.05, 0) is 96.0 Å². The van der Waals surface area contributed by atoms with Gasteiger partial charge in [0.05, 0.1) is 5.39 Å². The van der Waals surface area contributed by atoms with Gasteiger partial charge in [0.25, 0.3) is 0 Å². The number of alkyl halides is 2. The number of ether oxygens (including phenoxy) is 1. The van der Waals surface area contributed by atoms with Gasteiger partial charge in [-0.1, -0.05) is 38.0 Å². The van der Waals surface area contributed by atoms with Crippen LogP contribution in [0.15, 0.2) is 54.6 Å². The molecule has 0 amide bonds. The van der Waals surface area contributed by atoms with E-state index in [2.05, 4.69) is 6.92 Å². The van der Waals surface area contributed by atoms with Crippen LogP contribution in [0.5, 0.6) is 5.75 Å². The molecule has 0 saturated heterocycles. The second-order valence-corrected chi connectivity index (χ2v) is 10.5. The van der Waals surface area contributed by atoms with Gasteiger partial charge in [-0.25, -0.2) is 26.3 Å². The largest absolute Gasteiger partial charge is 0.429 e. The minimum Gasteiger partial charge on any atom is -0.429 e. The van der Waals surface area contributed by atoms with Crippen LogP contribution >= 0.6 is 0 Å². The molecular weight excluding hydrogens is 552 g/mol. The number of hydrogen-bond donors (Lipinski definition) is 0. The molecule has 0 radical (unpaired) electrons. The molecule has 0 heterocycles. The minimum atomic E-state index is -4.21. The van der Waals surface area contributed by atoms with Crippen molar-refractivity contribution in [1.29, 1.82) is 0 Å². The maximum Gasteiger partial charge on any atom is 0.429 e. The van der Waals surface area contributed by atoms with E-state index < -0.39 is 57.7 Å². The van der Waals surface area contributed by atoms with E-state index >= 15 is 0 Å². The Hall–Kier alpha value is -3.62. The zero-order chi connectivity index (χ0) is 29.5. The average molecular weight is 579 g/mol. The van der Waals surface area contributed by atoms with Crippen LogP contribution in [0.1, 0.15) is 62.5 Å². The van der Waals surface area contributed by atoms with Gasteiger partial charge in [0.1, 0.15) is 17.1 Å². The normalized spacial score (nSPS) is 17.7. The van der Waals surface area contributed by atoms with Crippen LogP contribution in [0.25, 0.3) is 21.9 Å². The molecule has 0 N–H and O–H groups in total. The number of fused-ring (bicyclic) bond motifs is 1. The molecule has 1 fully saturated rings. The van der Waals surface area contributed by atoms with Crippen molar-refractivity contribution in [2.75, 3.05) is 0 Å². The quantitative estimate of drug-likeness (QED) is 0.157. The molecule has 5 rings (SSSR count). The summed E-state index contributed by atoms with van der Waals surface area (Å²) in [6.45, 7) is 2.10. The first kappa shape index (κ1) is 28.9. The van der Waals surface area contributed by atoms with Gasteiger partial charge >= 0.3 is 6.11 Å². The Labute approximate surface area is 231 Å². The molecule has 1 aliphatic rings. The van der Waals surface area contributed by atoms with E-state index in [0.29, 0.717) is 24.8 Å². The molecule has 0 aromatic heterocycles. The molecule has 1 nitrogen and oxygen atoms in total. The monoisotopic (exact) mass is 578 g/mol. The highest BCUT2D eigenvalue weighted by atomic mass is 19.3. The lowest BCUT2D eigenvalue weighted by Crippen LogP contribution is -2.25. The Balaban J connectivity index is 1.35. The lowest BCUT2D eigenvalue weighted by atomic mass is 9.77. The lowest BCUT2D eigenvalue weighted by molar-refractivity contribution is -0.187. The molecule has 0 aliphatic heterocycles. The molecule has 4 aromatic rings. The zero-order valence-electron chi connectivity index (χ0n) is 22.0. The fourth-order valence-electron chi connectivity index (χ4n) is 5.75. The van der Waals surface area contributed by atoms with E-state index in [9.17, 15) is 35.1 Å². The van der Waals surface area contributed by atoms with Gasteiger partial charge in [0.15, 0.2) is 29.1 Å². The molecule has 0 atom stereocenters. The Morgan fingerprint density at radius 3 is 2.05 bits per heavy atom. The van der Waals surface area contributed by atoms with Crippen LogP contribution in [0, 0.1) is 40.8 Å². The van der Waals surface area contributed by atoms with E-state index in [1.165, 1.54) is 24.3 Å². The van der Waals surface area contributed by atoms with Crippen molar-refractivity contribution in [2.24, 2.45) is 5.92 Å². The maximum atomic E-state index is 15.0. The summed E-state index contributed by atoms with van der Waals surface area (Å²) in [4.78, 5) is 0. The second kappa shape index (κ2) is 11.3. The predicted molar refractivity (Wildman–Crippen MR) is 140 cm³/mol. The van der Waals surface area contributed by atoms with E-state index in [1.807, 2.05) is 0 Å².